The van der Waals surface area contributed by atoms with Crippen LogP contribution in [0, 0.1) is 5.82 Å². The number of aromatic nitrogens is 4. The number of hydrogen-bond donors (Lipinski definition) is 1. The lowest BCUT2D eigenvalue weighted by molar-refractivity contribution is 0.196. The van der Waals surface area contributed by atoms with Gasteiger partial charge in [0.2, 0.25) is 0 Å². The number of piperidine rings is 1. The molecule has 0 aliphatic carbocycles. The van der Waals surface area contributed by atoms with E-state index in [2.05, 4.69) is 24.8 Å². The van der Waals surface area contributed by atoms with Crippen molar-refractivity contribution in [2.24, 2.45) is 0 Å². The zero-order chi connectivity index (χ0) is 18.6. The lowest BCUT2D eigenvalue weighted by Crippen LogP contribution is -2.35. The van der Waals surface area contributed by atoms with Gasteiger partial charge in [-0.1, -0.05) is 18.2 Å². The van der Waals surface area contributed by atoms with Crippen molar-refractivity contribution in [1.82, 2.24) is 24.8 Å². The van der Waals surface area contributed by atoms with E-state index in [1.807, 2.05) is 12.1 Å². The van der Waals surface area contributed by atoms with Crippen molar-refractivity contribution in [3.8, 4) is 11.5 Å². The van der Waals surface area contributed by atoms with Gasteiger partial charge in [-0.05, 0) is 25.5 Å². The summed E-state index contributed by atoms with van der Waals surface area (Å²) in [6.45, 7) is 2.21. The Bertz CT molecular complexity index is 975. The summed E-state index contributed by atoms with van der Waals surface area (Å²) in [6.07, 6.45) is 6.65. The van der Waals surface area contributed by atoms with Crippen molar-refractivity contribution in [3.05, 3.63) is 76.4 Å². The van der Waals surface area contributed by atoms with Crippen molar-refractivity contribution >= 4 is 0 Å². The van der Waals surface area contributed by atoms with Crippen molar-refractivity contribution in [2.45, 2.75) is 25.3 Å². The van der Waals surface area contributed by atoms with Gasteiger partial charge >= 0.3 is 0 Å². The van der Waals surface area contributed by atoms with Crippen molar-refractivity contribution in [3.63, 3.8) is 0 Å². The minimum Gasteiger partial charge on any atom is -0.305 e. The molecule has 3 heterocycles. The average Bonchev–Trinajstić information content (AvgIpc) is 2.70. The Morgan fingerprint density at radius 1 is 1.26 bits per heavy atom. The van der Waals surface area contributed by atoms with Gasteiger partial charge in [0.15, 0.2) is 5.82 Å². The van der Waals surface area contributed by atoms with Crippen LogP contribution >= 0.6 is 0 Å². The van der Waals surface area contributed by atoms with Crippen LogP contribution in [0.25, 0.3) is 11.5 Å². The zero-order valence-electron chi connectivity index (χ0n) is 14.8. The van der Waals surface area contributed by atoms with E-state index in [9.17, 15) is 9.18 Å². The normalized spacial score (nSPS) is 17.7. The smallest absolute Gasteiger partial charge is 0.251 e. The highest BCUT2D eigenvalue weighted by atomic mass is 19.1. The first-order chi connectivity index (χ1) is 13.2. The Morgan fingerprint density at radius 3 is 2.96 bits per heavy atom. The minimum atomic E-state index is -0.202. The SMILES string of the molecule is O=c1cc([C@@H]2CCCN(Cc3ccccc3F)C2)nc(-c2cnccn2)[nH]1. The molecule has 2 aromatic heterocycles. The fourth-order valence-corrected chi connectivity index (χ4v) is 3.54. The van der Waals surface area contributed by atoms with Gasteiger partial charge in [-0.3, -0.25) is 14.7 Å². The number of hydrogen-bond acceptors (Lipinski definition) is 5. The highest BCUT2D eigenvalue weighted by Crippen LogP contribution is 2.27. The largest absolute Gasteiger partial charge is 0.305 e. The predicted molar refractivity (Wildman–Crippen MR) is 99.5 cm³/mol. The van der Waals surface area contributed by atoms with E-state index >= 15 is 0 Å². The minimum absolute atomic E-state index is 0.128. The molecule has 0 bridgehead atoms. The van der Waals surface area contributed by atoms with Crippen LogP contribution in [-0.2, 0) is 6.54 Å². The Labute approximate surface area is 156 Å². The third kappa shape index (κ3) is 4.09. The standard InChI is InChI=1S/C20H20FN5O/c21-16-6-2-1-4-14(16)12-26-9-3-5-15(13-26)17-10-19(27)25-20(24-17)18-11-22-7-8-23-18/h1-2,4,6-8,10-11,15H,3,5,9,12-13H2,(H,24,25,27)/t15-/m1/s1. The van der Waals surface area contributed by atoms with Crippen LogP contribution in [-0.4, -0.2) is 37.9 Å². The number of aromatic amines is 1. The van der Waals surface area contributed by atoms with E-state index in [-0.39, 0.29) is 17.3 Å². The second-order valence-corrected chi connectivity index (χ2v) is 6.78. The molecule has 6 nitrogen and oxygen atoms in total. The van der Waals surface area contributed by atoms with Crippen molar-refractivity contribution in [1.29, 1.82) is 0 Å². The van der Waals surface area contributed by atoms with E-state index in [1.54, 1.807) is 30.7 Å². The summed E-state index contributed by atoms with van der Waals surface area (Å²) in [5, 5.41) is 0. The molecular formula is C20H20FN5O. The summed E-state index contributed by atoms with van der Waals surface area (Å²) in [7, 11) is 0. The first-order valence-corrected chi connectivity index (χ1v) is 9.02. The molecule has 4 rings (SSSR count). The lowest BCUT2D eigenvalue weighted by Gasteiger charge is -2.32. The maximum atomic E-state index is 14.0. The van der Waals surface area contributed by atoms with Gasteiger partial charge in [0.25, 0.3) is 5.56 Å². The maximum absolute atomic E-state index is 14.0. The van der Waals surface area contributed by atoms with E-state index < -0.39 is 0 Å². The molecule has 7 heteroatoms. The molecule has 0 amide bonds. The number of H-pyrrole nitrogens is 1. The number of rotatable bonds is 4. The predicted octanol–water partition coefficient (Wildman–Crippen LogP) is 2.75. The molecule has 0 spiro atoms. The number of halogens is 1. The summed E-state index contributed by atoms with van der Waals surface area (Å²) in [5.74, 6) is 0.374. The van der Waals surface area contributed by atoms with Crippen LogP contribution in [0.3, 0.4) is 0 Å². The van der Waals surface area contributed by atoms with Crippen LogP contribution in [0.4, 0.5) is 4.39 Å². The van der Waals surface area contributed by atoms with Gasteiger partial charge in [0.1, 0.15) is 11.5 Å². The third-order valence-electron chi connectivity index (χ3n) is 4.84. The summed E-state index contributed by atoms with van der Waals surface area (Å²) >= 11 is 0. The van der Waals surface area contributed by atoms with Crippen LogP contribution < -0.4 is 5.56 Å². The van der Waals surface area contributed by atoms with Crippen LogP contribution in [0.5, 0.6) is 0 Å². The van der Waals surface area contributed by atoms with Gasteiger partial charge in [0.05, 0.1) is 11.9 Å². The van der Waals surface area contributed by atoms with Gasteiger partial charge in [-0.15, -0.1) is 0 Å². The molecule has 1 fully saturated rings. The summed E-state index contributed by atoms with van der Waals surface area (Å²) in [6, 6.07) is 8.41. The van der Waals surface area contributed by atoms with Crippen LogP contribution in [0.15, 0.2) is 53.7 Å². The number of benzene rings is 1. The molecule has 3 aromatic rings. The van der Waals surface area contributed by atoms with Crippen molar-refractivity contribution in [2.75, 3.05) is 13.1 Å². The number of nitrogens with zero attached hydrogens (tertiary/aromatic N) is 4. The quantitative estimate of drug-likeness (QED) is 0.769. The van der Waals surface area contributed by atoms with Gasteiger partial charge in [-0.25, -0.2) is 14.4 Å². The van der Waals surface area contributed by atoms with E-state index in [0.29, 0.717) is 23.6 Å². The fraction of sp³-hybridized carbons (Fsp3) is 0.300. The van der Waals surface area contributed by atoms with Crippen LogP contribution in [0.2, 0.25) is 0 Å². The molecule has 1 aliphatic heterocycles. The highest BCUT2D eigenvalue weighted by Gasteiger charge is 2.24. The first kappa shape index (κ1) is 17.5. The zero-order valence-corrected chi connectivity index (χ0v) is 14.8. The van der Waals surface area contributed by atoms with E-state index in [0.717, 1.165) is 31.6 Å². The molecule has 138 valence electrons. The van der Waals surface area contributed by atoms with Crippen molar-refractivity contribution < 1.29 is 4.39 Å². The second-order valence-electron chi connectivity index (χ2n) is 6.78. The first-order valence-electron chi connectivity index (χ1n) is 9.02. The van der Waals surface area contributed by atoms with Gasteiger partial charge in [-0.2, -0.15) is 0 Å². The third-order valence-corrected chi connectivity index (χ3v) is 4.84. The highest BCUT2D eigenvalue weighted by molar-refractivity contribution is 5.46. The number of nitrogens with one attached hydrogen (secondary N) is 1. The van der Waals surface area contributed by atoms with E-state index in [1.165, 1.54) is 6.07 Å². The molecule has 1 aliphatic rings. The van der Waals surface area contributed by atoms with Gasteiger partial charge in [0, 0.05) is 43.0 Å². The lowest BCUT2D eigenvalue weighted by atomic mass is 9.94. The van der Waals surface area contributed by atoms with E-state index in [4.69, 9.17) is 0 Å². The Morgan fingerprint density at radius 2 is 2.15 bits per heavy atom. The van der Waals surface area contributed by atoms with Crippen LogP contribution in [0.1, 0.15) is 30.0 Å². The topological polar surface area (TPSA) is 74.8 Å². The Hall–Kier alpha value is -2.93. The second kappa shape index (κ2) is 7.75. The summed E-state index contributed by atoms with van der Waals surface area (Å²) < 4.78 is 14.0. The maximum Gasteiger partial charge on any atom is 0.251 e. The molecule has 1 saturated heterocycles. The fourth-order valence-electron chi connectivity index (χ4n) is 3.54. The molecule has 1 aromatic carbocycles. The Kier molecular flexibility index (Phi) is 5.02. The number of likely N-dealkylation sites (tertiary alicyclic amines) is 1. The molecular weight excluding hydrogens is 345 g/mol. The molecule has 1 N–H and O–H groups in total. The average molecular weight is 365 g/mol. The summed E-state index contributed by atoms with van der Waals surface area (Å²) in [5.41, 5.74) is 1.78. The Balaban J connectivity index is 1.55. The molecule has 0 unspecified atom stereocenters. The molecule has 1 atom stereocenters. The molecule has 0 saturated carbocycles. The molecule has 27 heavy (non-hydrogen) atoms. The monoisotopic (exact) mass is 365 g/mol. The molecule has 0 radical (unpaired) electrons. The summed E-state index contributed by atoms with van der Waals surface area (Å²) in [4.78, 5) is 30.0. The van der Waals surface area contributed by atoms with Gasteiger partial charge < -0.3 is 4.98 Å².